The Morgan fingerprint density at radius 3 is 2.21 bits per heavy atom. The summed E-state index contributed by atoms with van der Waals surface area (Å²) in [5.41, 5.74) is 5.45. The Morgan fingerprint density at radius 2 is 1.55 bits per heavy atom. The maximum Gasteiger partial charge on any atom is 0.227 e. The van der Waals surface area contributed by atoms with E-state index in [-0.39, 0.29) is 5.91 Å². The molecule has 3 nitrogen and oxygen atoms in total. The molecule has 0 radical (unpaired) electrons. The summed E-state index contributed by atoms with van der Waals surface area (Å²) in [5, 5.41) is 0. The summed E-state index contributed by atoms with van der Waals surface area (Å²) >= 11 is 0. The van der Waals surface area contributed by atoms with Gasteiger partial charge in [0.15, 0.2) is 0 Å². The first kappa shape index (κ1) is 22.3. The molecule has 1 heterocycles. The number of hydrogen-bond acceptors (Lipinski definition) is 2. The van der Waals surface area contributed by atoms with Gasteiger partial charge in [-0.25, -0.2) is 0 Å². The van der Waals surface area contributed by atoms with Crippen LogP contribution < -0.4 is 9.64 Å². The van der Waals surface area contributed by atoms with Crippen LogP contribution in [0.15, 0.2) is 97.6 Å². The third-order valence-corrected chi connectivity index (χ3v) is 5.67. The lowest BCUT2D eigenvalue weighted by Crippen LogP contribution is -2.35. The van der Waals surface area contributed by atoms with Crippen molar-refractivity contribution in [2.45, 2.75) is 19.3 Å². The number of ether oxygens (including phenoxy) is 1. The van der Waals surface area contributed by atoms with Crippen LogP contribution in [0.1, 0.15) is 28.7 Å². The van der Waals surface area contributed by atoms with Crippen LogP contribution >= 0.6 is 0 Å². The van der Waals surface area contributed by atoms with Crippen LogP contribution in [0.2, 0.25) is 0 Å². The fourth-order valence-corrected chi connectivity index (χ4v) is 4.01. The number of allylic oxidation sites excluding steroid dienone is 1. The van der Waals surface area contributed by atoms with Crippen molar-refractivity contribution in [2.24, 2.45) is 0 Å². The number of amides is 1. The van der Waals surface area contributed by atoms with Gasteiger partial charge < -0.3 is 9.64 Å². The highest BCUT2D eigenvalue weighted by atomic mass is 16.5. The molecule has 4 rings (SSSR count). The highest BCUT2D eigenvalue weighted by molar-refractivity contribution is 5.97. The first-order valence-electron chi connectivity index (χ1n) is 11.4. The molecule has 0 bridgehead atoms. The molecule has 1 aliphatic heterocycles. The number of fused-ring (bicyclic) bond motifs is 1. The standard InChI is InChI=1S/C30H29NO2/c1-2-11-27-22-28-26(23-29(27)33-21-10-17-25-14-7-4-8-15-25)18-19-30(32)31(28)20-9-16-24-12-5-3-6-13-24/h2-10,12-17,22-23H,1,11,18-21H2. The zero-order chi connectivity index (χ0) is 22.9. The van der Waals surface area contributed by atoms with Gasteiger partial charge in [0.2, 0.25) is 5.91 Å². The number of anilines is 1. The SMILES string of the molecule is C=CCc1cc2c(cc1OCC=Cc1ccccc1)CCC(=O)N2CC=Cc1ccccc1. The smallest absolute Gasteiger partial charge is 0.227 e. The van der Waals surface area contributed by atoms with E-state index in [1.165, 1.54) is 0 Å². The average molecular weight is 436 g/mol. The van der Waals surface area contributed by atoms with Gasteiger partial charge in [-0.2, -0.15) is 0 Å². The Labute approximate surface area is 196 Å². The molecule has 0 N–H and O–H groups in total. The lowest BCUT2D eigenvalue weighted by Gasteiger charge is -2.30. The van der Waals surface area contributed by atoms with Gasteiger partial charge in [-0.15, -0.1) is 6.58 Å². The summed E-state index contributed by atoms with van der Waals surface area (Å²) in [6.45, 7) is 4.94. The van der Waals surface area contributed by atoms with Crippen LogP contribution in [0.25, 0.3) is 12.2 Å². The fourth-order valence-electron chi connectivity index (χ4n) is 4.01. The summed E-state index contributed by atoms with van der Waals surface area (Å²) in [6.07, 6.45) is 12.0. The van der Waals surface area contributed by atoms with Crippen molar-refractivity contribution in [1.82, 2.24) is 0 Å². The van der Waals surface area contributed by atoms with E-state index in [1.807, 2.05) is 59.5 Å². The number of benzene rings is 3. The molecule has 3 aromatic rings. The van der Waals surface area contributed by atoms with Crippen molar-refractivity contribution in [3.05, 3.63) is 120 Å². The largest absolute Gasteiger partial charge is 0.489 e. The van der Waals surface area contributed by atoms with E-state index >= 15 is 0 Å². The van der Waals surface area contributed by atoms with E-state index < -0.39 is 0 Å². The van der Waals surface area contributed by atoms with E-state index in [0.717, 1.165) is 40.1 Å². The van der Waals surface area contributed by atoms with E-state index in [2.05, 4.69) is 55.1 Å². The minimum absolute atomic E-state index is 0.157. The van der Waals surface area contributed by atoms with E-state index in [0.29, 0.717) is 26.0 Å². The molecular formula is C30H29NO2. The molecular weight excluding hydrogens is 406 g/mol. The fraction of sp³-hybridized carbons (Fsp3) is 0.167. The molecule has 166 valence electrons. The lowest BCUT2D eigenvalue weighted by atomic mass is 9.97. The number of carbonyl (C=O) groups excluding carboxylic acids is 1. The van der Waals surface area contributed by atoms with Crippen LogP contribution in [-0.2, 0) is 17.6 Å². The molecule has 0 unspecified atom stereocenters. The highest BCUT2D eigenvalue weighted by Gasteiger charge is 2.25. The third kappa shape index (κ3) is 5.89. The molecule has 1 aliphatic rings. The topological polar surface area (TPSA) is 29.5 Å². The first-order valence-corrected chi connectivity index (χ1v) is 11.4. The van der Waals surface area contributed by atoms with Gasteiger partial charge >= 0.3 is 0 Å². The van der Waals surface area contributed by atoms with E-state index in [1.54, 1.807) is 0 Å². The van der Waals surface area contributed by atoms with Crippen molar-refractivity contribution in [3.63, 3.8) is 0 Å². The molecule has 3 heteroatoms. The second-order valence-electron chi connectivity index (χ2n) is 8.02. The lowest BCUT2D eigenvalue weighted by molar-refractivity contribution is -0.118. The molecule has 0 aromatic heterocycles. The van der Waals surface area contributed by atoms with Crippen LogP contribution in [-0.4, -0.2) is 19.1 Å². The average Bonchev–Trinajstić information content (AvgIpc) is 2.85. The van der Waals surface area contributed by atoms with Crippen molar-refractivity contribution in [1.29, 1.82) is 0 Å². The molecule has 0 atom stereocenters. The number of carbonyl (C=O) groups is 1. The second-order valence-corrected chi connectivity index (χ2v) is 8.02. The molecule has 0 aliphatic carbocycles. The van der Waals surface area contributed by atoms with Gasteiger partial charge in [-0.05, 0) is 53.3 Å². The van der Waals surface area contributed by atoms with Crippen LogP contribution in [0.3, 0.4) is 0 Å². The minimum Gasteiger partial charge on any atom is -0.489 e. The molecule has 1 amide bonds. The van der Waals surface area contributed by atoms with Crippen LogP contribution in [0.5, 0.6) is 5.75 Å². The monoisotopic (exact) mass is 435 g/mol. The summed E-state index contributed by atoms with van der Waals surface area (Å²) in [5.74, 6) is 1.02. The Bertz CT molecular complexity index is 1150. The maximum absolute atomic E-state index is 12.7. The normalized spacial score (nSPS) is 13.5. The molecule has 33 heavy (non-hydrogen) atoms. The Kier molecular flexibility index (Phi) is 7.55. The van der Waals surface area contributed by atoms with Gasteiger partial charge in [0.1, 0.15) is 12.4 Å². The van der Waals surface area contributed by atoms with Gasteiger partial charge in [0, 0.05) is 18.7 Å². The Balaban J connectivity index is 1.51. The van der Waals surface area contributed by atoms with Crippen molar-refractivity contribution in [2.75, 3.05) is 18.1 Å². The van der Waals surface area contributed by atoms with Crippen LogP contribution in [0, 0.1) is 0 Å². The zero-order valence-electron chi connectivity index (χ0n) is 18.8. The van der Waals surface area contributed by atoms with Crippen LogP contribution in [0.4, 0.5) is 5.69 Å². The van der Waals surface area contributed by atoms with Gasteiger partial charge in [0.25, 0.3) is 0 Å². The maximum atomic E-state index is 12.7. The predicted molar refractivity (Wildman–Crippen MR) is 137 cm³/mol. The van der Waals surface area contributed by atoms with Gasteiger partial charge in [-0.1, -0.05) is 85.0 Å². The van der Waals surface area contributed by atoms with Gasteiger partial charge in [0.05, 0.1) is 0 Å². The minimum atomic E-state index is 0.157. The Morgan fingerprint density at radius 1 is 0.879 bits per heavy atom. The summed E-state index contributed by atoms with van der Waals surface area (Å²) in [7, 11) is 0. The van der Waals surface area contributed by atoms with E-state index in [4.69, 9.17) is 4.74 Å². The molecule has 0 spiro atoms. The van der Waals surface area contributed by atoms with E-state index in [9.17, 15) is 4.79 Å². The number of rotatable bonds is 9. The molecule has 0 fully saturated rings. The molecule has 3 aromatic carbocycles. The summed E-state index contributed by atoms with van der Waals surface area (Å²) < 4.78 is 6.13. The van der Waals surface area contributed by atoms with Crippen molar-refractivity contribution >= 4 is 23.7 Å². The number of nitrogens with zero attached hydrogens (tertiary/aromatic N) is 1. The second kappa shape index (κ2) is 11.1. The van der Waals surface area contributed by atoms with Crippen molar-refractivity contribution in [3.8, 4) is 5.75 Å². The Hall–Kier alpha value is -3.85. The summed E-state index contributed by atoms with van der Waals surface area (Å²) in [6, 6.07) is 24.5. The van der Waals surface area contributed by atoms with Crippen molar-refractivity contribution < 1.29 is 9.53 Å². The number of aryl methyl sites for hydroxylation is 1. The number of hydrogen-bond donors (Lipinski definition) is 0. The zero-order valence-corrected chi connectivity index (χ0v) is 18.8. The predicted octanol–water partition coefficient (Wildman–Crippen LogP) is 6.50. The molecule has 0 saturated heterocycles. The summed E-state index contributed by atoms with van der Waals surface area (Å²) in [4.78, 5) is 14.6. The van der Waals surface area contributed by atoms with Gasteiger partial charge in [-0.3, -0.25) is 4.79 Å². The quantitative estimate of drug-likeness (QED) is 0.359. The third-order valence-electron chi connectivity index (χ3n) is 5.67. The molecule has 0 saturated carbocycles. The first-order chi connectivity index (χ1) is 16.2. The highest BCUT2D eigenvalue weighted by Crippen LogP contribution is 2.34.